The molecule has 4 rings (SSSR count). The smallest absolute Gasteiger partial charge is 0.408 e. The van der Waals surface area contributed by atoms with Crippen LogP contribution in [0.4, 0.5) is 5.69 Å². The first-order valence-corrected chi connectivity index (χ1v) is 8.59. The second kappa shape index (κ2) is 6.60. The van der Waals surface area contributed by atoms with Crippen molar-refractivity contribution < 1.29 is 9.21 Å². The average Bonchev–Trinajstić information content (AvgIpc) is 2.96. The first-order chi connectivity index (χ1) is 13.0. The Morgan fingerprint density at radius 2 is 1.96 bits per heavy atom. The summed E-state index contributed by atoms with van der Waals surface area (Å²) in [6.45, 7) is 1.82. The maximum absolute atomic E-state index is 12.4. The number of aromatic amines is 1. The van der Waals surface area contributed by atoms with E-state index in [1.54, 1.807) is 42.5 Å². The number of carbonyl (C=O) groups excluding carboxylic acids is 1. The molecule has 27 heavy (non-hydrogen) atoms. The molecule has 2 heterocycles. The topological polar surface area (TPSA) is 97.1 Å². The van der Waals surface area contributed by atoms with Crippen molar-refractivity contribution in [3.63, 3.8) is 0 Å². The number of hydrogen-bond acceptors (Lipinski definition) is 4. The fraction of sp³-hybridized carbons (Fsp3) is 0.150. The zero-order valence-corrected chi connectivity index (χ0v) is 14.6. The van der Waals surface area contributed by atoms with Crippen molar-refractivity contribution in [3.8, 4) is 0 Å². The molecule has 7 nitrogen and oxygen atoms in total. The molecular formula is C20H17N3O4. The number of nitrogens with one attached hydrogen (secondary N) is 2. The number of rotatable bonds is 4. The summed E-state index contributed by atoms with van der Waals surface area (Å²) in [5.74, 6) is -0.946. The van der Waals surface area contributed by atoms with Gasteiger partial charge in [0.15, 0.2) is 5.58 Å². The lowest BCUT2D eigenvalue weighted by Crippen LogP contribution is -2.24. The summed E-state index contributed by atoms with van der Waals surface area (Å²) in [6.07, 6.45) is 0.739. The van der Waals surface area contributed by atoms with E-state index in [0.29, 0.717) is 22.3 Å². The number of aromatic nitrogens is 2. The fourth-order valence-corrected chi connectivity index (χ4v) is 3.21. The number of amides is 1. The van der Waals surface area contributed by atoms with Gasteiger partial charge in [-0.2, -0.15) is 0 Å². The van der Waals surface area contributed by atoms with E-state index >= 15 is 0 Å². The van der Waals surface area contributed by atoms with Crippen LogP contribution in [0, 0.1) is 0 Å². The molecule has 136 valence electrons. The third-order valence-electron chi connectivity index (χ3n) is 4.47. The number of carbonyl (C=O) groups is 1. The van der Waals surface area contributed by atoms with Gasteiger partial charge in [-0.25, -0.2) is 4.79 Å². The van der Waals surface area contributed by atoms with Crippen LogP contribution in [0.3, 0.4) is 0 Å². The predicted octanol–water partition coefficient (Wildman–Crippen LogP) is 2.64. The number of nitrogens with zero attached hydrogens (tertiary/aromatic N) is 1. The lowest BCUT2D eigenvalue weighted by atomic mass is 10.1. The molecule has 7 heteroatoms. The summed E-state index contributed by atoms with van der Waals surface area (Å²) in [4.78, 5) is 39.0. The standard InChI is InChI=1S/C20H17N3O4/c1-2-12-9-18(24)22-15-10-13(7-8-14(12)15)21-19(25)11-23-16-5-3-4-6-17(16)27-20(23)26/h3-10H,2,11H2,1H3,(H,21,25)(H,22,24). The van der Waals surface area contributed by atoms with E-state index in [4.69, 9.17) is 4.42 Å². The third kappa shape index (κ3) is 3.15. The number of benzene rings is 2. The minimum Gasteiger partial charge on any atom is -0.408 e. The number of oxazole rings is 1. The first kappa shape index (κ1) is 16.8. The van der Waals surface area contributed by atoms with Crippen molar-refractivity contribution in [3.05, 3.63) is 75.0 Å². The van der Waals surface area contributed by atoms with E-state index < -0.39 is 5.76 Å². The van der Waals surface area contributed by atoms with E-state index in [-0.39, 0.29) is 18.0 Å². The van der Waals surface area contributed by atoms with Gasteiger partial charge in [-0.1, -0.05) is 25.1 Å². The fourth-order valence-electron chi connectivity index (χ4n) is 3.21. The summed E-state index contributed by atoms with van der Waals surface area (Å²) in [5.41, 5.74) is 2.96. The zero-order chi connectivity index (χ0) is 19.0. The Balaban J connectivity index is 1.62. The zero-order valence-electron chi connectivity index (χ0n) is 14.6. The van der Waals surface area contributed by atoms with E-state index in [1.165, 1.54) is 4.57 Å². The van der Waals surface area contributed by atoms with Crippen LogP contribution in [0.15, 0.2) is 62.5 Å². The Hall–Kier alpha value is -3.61. The molecule has 2 aromatic heterocycles. The summed E-state index contributed by atoms with van der Waals surface area (Å²) in [6, 6.07) is 13.9. The molecule has 0 saturated carbocycles. The number of aryl methyl sites for hydroxylation is 1. The van der Waals surface area contributed by atoms with Crippen LogP contribution in [0.5, 0.6) is 0 Å². The van der Waals surface area contributed by atoms with Crippen LogP contribution >= 0.6 is 0 Å². The maximum Gasteiger partial charge on any atom is 0.420 e. The largest absolute Gasteiger partial charge is 0.420 e. The van der Waals surface area contributed by atoms with Crippen molar-refractivity contribution in [2.45, 2.75) is 19.9 Å². The molecule has 0 saturated heterocycles. The van der Waals surface area contributed by atoms with Crippen LogP contribution < -0.4 is 16.6 Å². The molecule has 0 unspecified atom stereocenters. The normalized spacial score (nSPS) is 11.1. The second-order valence-electron chi connectivity index (χ2n) is 6.24. The summed E-state index contributed by atoms with van der Waals surface area (Å²) in [5, 5.41) is 3.70. The molecule has 0 radical (unpaired) electrons. The molecule has 0 fully saturated rings. The number of fused-ring (bicyclic) bond motifs is 2. The van der Waals surface area contributed by atoms with E-state index in [0.717, 1.165) is 17.4 Å². The predicted molar refractivity (Wildman–Crippen MR) is 103 cm³/mol. The van der Waals surface area contributed by atoms with Gasteiger partial charge in [0.05, 0.1) is 11.0 Å². The van der Waals surface area contributed by atoms with Gasteiger partial charge in [-0.3, -0.25) is 14.2 Å². The number of para-hydroxylation sites is 2. The van der Waals surface area contributed by atoms with E-state index in [2.05, 4.69) is 10.3 Å². The highest BCUT2D eigenvalue weighted by molar-refractivity contribution is 5.94. The molecule has 0 aliphatic heterocycles. The SMILES string of the molecule is CCc1cc(=O)[nH]c2cc(NC(=O)Cn3c(=O)oc4ccccc43)ccc12. The molecule has 4 aromatic rings. The third-order valence-corrected chi connectivity index (χ3v) is 4.47. The lowest BCUT2D eigenvalue weighted by Gasteiger charge is -2.09. The molecule has 2 N–H and O–H groups in total. The van der Waals surface area contributed by atoms with Gasteiger partial charge < -0.3 is 14.7 Å². The van der Waals surface area contributed by atoms with Gasteiger partial charge in [0.2, 0.25) is 11.5 Å². The number of anilines is 1. The van der Waals surface area contributed by atoms with E-state index in [9.17, 15) is 14.4 Å². The van der Waals surface area contributed by atoms with Crippen LogP contribution in [0.1, 0.15) is 12.5 Å². The average molecular weight is 363 g/mol. The maximum atomic E-state index is 12.4. The summed E-state index contributed by atoms with van der Waals surface area (Å²) in [7, 11) is 0. The Kier molecular flexibility index (Phi) is 4.12. The highest BCUT2D eigenvalue weighted by Gasteiger charge is 2.13. The van der Waals surface area contributed by atoms with Gasteiger partial charge in [-0.05, 0) is 36.2 Å². The Morgan fingerprint density at radius 1 is 1.15 bits per heavy atom. The summed E-state index contributed by atoms with van der Waals surface area (Å²) < 4.78 is 6.41. The first-order valence-electron chi connectivity index (χ1n) is 8.59. The number of pyridine rings is 1. The van der Waals surface area contributed by atoms with Crippen molar-refractivity contribution in [1.29, 1.82) is 0 Å². The highest BCUT2D eigenvalue weighted by Crippen LogP contribution is 2.20. The Labute approximate surface area is 153 Å². The van der Waals surface area contributed by atoms with Crippen molar-refractivity contribution in [2.75, 3.05) is 5.32 Å². The lowest BCUT2D eigenvalue weighted by molar-refractivity contribution is -0.116. The Bertz CT molecular complexity index is 1280. The van der Waals surface area contributed by atoms with Crippen molar-refractivity contribution in [2.24, 2.45) is 0 Å². The van der Waals surface area contributed by atoms with Gasteiger partial charge in [0, 0.05) is 17.1 Å². The second-order valence-corrected chi connectivity index (χ2v) is 6.24. The minimum atomic E-state index is -0.582. The van der Waals surface area contributed by atoms with Gasteiger partial charge >= 0.3 is 5.76 Å². The van der Waals surface area contributed by atoms with Crippen molar-refractivity contribution >= 4 is 33.6 Å². The monoisotopic (exact) mass is 363 g/mol. The van der Waals surface area contributed by atoms with Gasteiger partial charge in [0.1, 0.15) is 6.54 Å². The van der Waals surface area contributed by atoms with Crippen molar-refractivity contribution in [1.82, 2.24) is 9.55 Å². The van der Waals surface area contributed by atoms with Crippen LogP contribution in [-0.2, 0) is 17.8 Å². The molecule has 0 aliphatic carbocycles. The quantitative estimate of drug-likeness (QED) is 0.582. The molecule has 0 spiro atoms. The van der Waals surface area contributed by atoms with E-state index in [1.807, 2.05) is 13.0 Å². The highest BCUT2D eigenvalue weighted by atomic mass is 16.4. The van der Waals surface area contributed by atoms with Gasteiger partial charge in [-0.15, -0.1) is 0 Å². The Morgan fingerprint density at radius 3 is 2.78 bits per heavy atom. The molecule has 2 aromatic carbocycles. The summed E-state index contributed by atoms with van der Waals surface area (Å²) >= 11 is 0. The minimum absolute atomic E-state index is 0.167. The van der Waals surface area contributed by atoms with Crippen LogP contribution in [-0.4, -0.2) is 15.5 Å². The number of H-pyrrole nitrogens is 1. The van der Waals surface area contributed by atoms with Crippen LogP contribution in [0.2, 0.25) is 0 Å². The van der Waals surface area contributed by atoms with Gasteiger partial charge in [0.25, 0.3) is 0 Å². The number of hydrogen-bond donors (Lipinski definition) is 2. The molecule has 0 bridgehead atoms. The molecular weight excluding hydrogens is 346 g/mol. The van der Waals surface area contributed by atoms with Crippen LogP contribution in [0.25, 0.3) is 22.0 Å². The molecule has 0 aliphatic rings. The molecule has 0 atom stereocenters. The molecule has 1 amide bonds.